The number of nitrogens with zero attached hydrogens (tertiary/aromatic N) is 1. The van der Waals surface area contributed by atoms with Crippen molar-refractivity contribution in [2.45, 2.75) is 49.4 Å². The molecule has 1 heterocycles. The Hall–Kier alpha value is -1.81. The molecule has 28 heavy (non-hydrogen) atoms. The first-order valence-electron chi connectivity index (χ1n) is 8.92. The predicted molar refractivity (Wildman–Crippen MR) is 106 cm³/mol. The summed E-state index contributed by atoms with van der Waals surface area (Å²) in [6.45, 7) is 3.51. The van der Waals surface area contributed by atoms with Gasteiger partial charge in [0.05, 0.1) is 10.1 Å². The fourth-order valence-electron chi connectivity index (χ4n) is 3.36. The molecule has 0 bridgehead atoms. The first kappa shape index (κ1) is 20.9. The van der Waals surface area contributed by atoms with Crippen LogP contribution < -0.4 is 5.14 Å². The van der Waals surface area contributed by atoms with Gasteiger partial charge in [-0.2, -0.15) is 4.31 Å². The zero-order chi connectivity index (χ0) is 20.7. The van der Waals surface area contributed by atoms with Gasteiger partial charge < -0.3 is 0 Å². The minimum absolute atomic E-state index is 0.00961. The summed E-state index contributed by atoms with van der Waals surface area (Å²) in [5.74, 6) is -0.506. The van der Waals surface area contributed by atoms with E-state index in [-0.39, 0.29) is 17.5 Å². The normalized spacial score (nSPS) is 22.9. The zero-order valence-corrected chi connectivity index (χ0v) is 17.3. The largest absolute Gasteiger partial charge is 0.238 e. The highest BCUT2D eigenvalue weighted by Crippen LogP contribution is 2.30. The third kappa shape index (κ3) is 4.12. The molecule has 1 fully saturated rings. The Balaban J connectivity index is 1.87. The van der Waals surface area contributed by atoms with Crippen LogP contribution in [0.3, 0.4) is 0 Å². The van der Waals surface area contributed by atoms with Crippen LogP contribution in [-0.4, -0.2) is 32.4 Å². The second kappa shape index (κ2) is 7.55. The van der Waals surface area contributed by atoms with Gasteiger partial charge >= 0.3 is 0 Å². The minimum atomic E-state index is -3.79. The van der Waals surface area contributed by atoms with Gasteiger partial charge in [-0.05, 0) is 56.0 Å². The van der Waals surface area contributed by atoms with E-state index in [1.165, 1.54) is 22.5 Å². The van der Waals surface area contributed by atoms with E-state index in [9.17, 15) is 21.2 Å². The molecule has 0 aliphatic carbocycles. The number of primary sulfonamides is 1. The van der Waals surface area contributed by atoms with E-state index in [4.69, 9.17) is 5.14 Å². The van der Waals surface area contributed by atoms with Crippen molar-refractivity contribution in [3.05, 3.63) is 53.8 Å². The highest BCUT2D eigenvalue weighted by atomic mass is 32.2. The van der Waals surface area contributed by atoms with E-state index in [1.54, 1.807) is 31.2 Å². The van der Waals surface area contributed by atoms with Crippen LogP contribution >= 0.6 is 0 Å². The molecule has 0 radical (unpaired) electrons. The molecular formula is C19H23FN2O4S2. The van der Waals surface area contributed by atoms with Crippen LogP contribution in [0.25, 0.3) is 11.1 Å². The Morgan fingerprint density at radius 2 is 1.68 bits per heavy atom. The van der Waals surface area contributed by atoms with Gasteiger partial charge in [0, 0.05) is 18.2 Å². The molecule has 1 aliphatic rings. The lowest BCUT2D eigenvalue weighted by atomic mass is 10.0. The molecule has 2 N–H and O–H groups in total. The van der Waals surface area contributed by atoms with Crippen LogP contribution in [0.2, 0.25) is 0 Å². The lowest BCUT2D eigenvalue weighted by Gasteiger charge is -2.36. The first-order chi connectivity index (χ1) is 13.0. The molecule has 0 amide bonds. The van der Waals surface area contributed by atoms with Crippen LogP contribution in [0, 0.1) is 5.82 Å². The highest BCUT2D eigenvalue weighted by Gasteiger charge is 2.37. The molecule has 3 rings (SSSR count). The molecule has 2 aromatic rings. The Kier molecular flexibility index (Phi) is 5.64. The summed E-state index contributed by atoms with van der Waals surface area (Å²) >= 11 is 0. The molecule has 0 aromatic heterocycles. The Labute approximate surface area is 165 Å². The van der Waals surface area contributed by atoms with Crippen LogP contribution in [0.4, 0.5) is 4.39 Å². The van der Waals surface area contributed by atoms with Gasteiger partial charge in [0.25, 0.3) is 0 Å². The van der Waals surface area contributed by atoms with Crippen molar-refractivity contribution in [1.29, 1.82) is 0 Å². The van der Waals surface area contributed by atoms with E-state index in [0.717, 1.165) is 6.42 Å². The van der Waals surface area contributed by atoms with Crippen molar-refractivity contribution < 1.29 is 21.2 Å². The summed E-state index contributed by atoms with van der Waals surface area (Å²) in [6, 6.07) is 10.2. The standard InChI is InChI=1S/C19H23FN2O4S2/c1-13-3-4-14(2)28(25,26)22(13)12-17-6-5-16(11-19(17)20)15-7-9-18(10-8-15)27(21,23)24/h5-11,13-14H,3-4,12H2,1-2H3,(H2,21,23,24)/t13-,14?/m0/s1. The van der Waals surface area contributed by atoms with E-state index >= 15 is 0 Å². The number of sulfonamides is 2. The smallest absolute Gasteiger partial charge is 0.225 e. The van der Waals surface area contributed by atoms with E-state index in [0.29, 0.717) is 23.1 Å². The summed E-state index contributed by atoms with van der Waals surface area (Å²) in [4.78, 5) is -0.0215. The zero-order valence-electron chi connectivity index (χ0n) is 15.7. The number of nitrogens with two attached hydrogens (primary N) is 1. The van der Waals surface area contributed by atoms with Crippen molar-refractivity contribution in [1.82, 2.24) is 4.31 Å². The van der Waals surface area contributed by atoms with Gasteiger partial charge in [0.1, 0.15) is 5.82 Å². The lowest BCUT2D eigenvalue weighted by Crippen LogP contribution is -2.47. The Morgan fingerprint density at radius 1 is 1.07 bits per heavy atom. The molecular weight excluding hydrogens is 403 g/mol. The van der Waals surface area contributed by atoms with Crippen LogP contribution in [0.15, 0.2) is 47.4 Å². The minimum Gasteiger partial charge on any atom is -0.225 e. The lowest BCUT2D eigenvalue weighted by molar-refractivity contribution is 0.281. The fraction of sp³-hybridized carbons (Fsp3) is 0.368. The third-order valence-corrected chi connectivity index (χ3v) is 8.54. The summed E-state index contributed by atoms with van der Waals surface area (Å²) in [6.07, 6.45) is 1.35. The molecule has 0 saturated carbocycles. The van der Waals surface area contributed by atoms with Gasteiger partial charge in [-0.25, -0.2) is 26.4 Å². The number of halogens is 1. The van der Waals surface area contributed by atoms with E-state index in [1.807, 2.05) is 6.92 Å². The van der Waals surface area contributed by atoms with Crippen LogP contribution in [0.1, 0.15) is 32.3 Å². The fourth-order valence-corrected chi connectivity index (χ4v) is 5.69. The van der Waals surface area contributed by atoms with Gasteiger partial charge in [0.2, 0.25) is 20.0 Å². The Morgan fingerprint density at radius 3 is 2.25 bits per heavy atom. The van der Waals surface area contributed by atoms with Gasteiger partial charge in [-0.15, -0.1) is 0 Å². The first-order valence-corrected chi connectivity index (χ1v) is 12.0. The summed E-state index contributed by atoms with van der Waals surface area (Å²) in [5.41, 5.74) is 1.49. The molecule has 2 atom stereocenters. The van der Waals surface area contributed by atoms with Crippen molar-refractivity contribution in [2.75, 3.05) is 0 Å². The average molecular weight is 427 g/mol. The van der Waals surface area contributed by atoms with Gasteiger partial charge in [-0.1, -0.05) is 24.3 Å². The number of rotatable bonds is 4. The number of hydrogen-bond acceptors (Lipinski definition) is 4. The van der Waals surface area contributed by atoms with Gasteiger partial charge in [0.15, 0.2) is 0 Å². The molecule has 1 saturated heterocycles. The monoisotopic (exact) mass is 426 g/mol. The summed E-state index contributed by atoms with van der Waals surface area (Å²) in [7, 11) is -7.24. The SMILES string of the molecule is CC1CC[C@H](C)N(Cc2ccc(-c3ccc(S(N)(=O)=O)cc3)cc2F)S1(=O)=O. The topological polar surface area (TPSA) is 97.5 Å². The molecule has 1 aliphatic heterocycles. The van der Waals surface area contributed by atoms with Crippen molar-refractivity contribution in [3.8, 4) is 11.1 Å². The van der Waals surface area contributed by atoms with Gasteiger partial charge in [-0.3, -0.25) is 0 Å². The maximum Gasteiger partial charge on any atom is 0.238 e. The molecule has 2 aromatic carbocycles. The second-order valence-electron chi connectivity index (χ2n) is 7.20. The maximum atomic E-state index is 14.7. The molecule has 0 spiro atoms. The highest BCUT2D eigenvalue weighted by molar-refractivity contribution is 7.89. The summed E-state index contributed by atoms with van der Waals surface area (Å²) < 4.78 is 63.9. The summed E-state index contributed by atoms with van der Waals surface area (Å²) in [5, 5.41) is 4.61. The maximum absolute atomic E-state index is 14.7. The second-order valence-corrected chi connectivity index (χ2v) is 11.1. The third-order valence-electron chi connectivity index (χ3n) is 5.21. The van der Waals surface area contributed by atoms with E-state index in [2.05, 4.69) is 0 Å². The number of benzene rings is 2. The predicted octanol–water partition coefficient (Wildman–Crippen LogP) is 2.84. The van der Waals surface area contributed by atoms with Crippen LogP contribution in [-0.2, 0) is 26.6 Å². The quantitative estimate of drug-likeness (QED) is 0.813. The van der Waals surface area contributed by atoms with Crippen molar-refractivity contribution in [3.63, 3.8) is 0 Å². The molecule has 152 valence electrons. The molecule has 1 unspecified atom stereocenters. The number of hydrogen-bond donors (Lipinski definition) is 1. The van der Waals surface area contributed by atoms with Crippen LogP contribution in [0.5, 0.6) is 0 Å². The van der Waals surface area contributed by atoms with E-state index < -0.39 is 31.1 Å². The molecule has 9 heteroatoms. The van der Waals surface area contributed by atoms with Crippen molar-refractivity contribution in [2.24, 2.45) is 5.14 Å². The average Bonchev–Trinajstić information content (AvgIpc) is 2.63. The molecule has 6 nitrogen and oxygen atoms in total. The Bertz CT molecular complexity index is 1080. The van der Waals surface area contributed by atoms with Crippen molar-refractivity contribution >= 4 is 20.0 Å².